The van der Waals surface area contributed by atoms with Gasteiger partial charge in [0.25, 0.3) is 5.91 Å². The van der Waals surface area contributed by atoms with Gasteiger partial charge in [0.15, 0.2) is 0 Å². The van der Waals surface area contributed by atoms with E-state index in [-0.39, 0.29) is 35.1 Å². The molecule has 2 aromatic carbocycles. The van der Waals surface area contributed by atoms with Crippen LogP contribution in [-0.4, -0.2) is 61.5 Å². The monoisotopic (exact) mass is 471 g/mol. The molecule has 33 heavy (non-hydrogen) atoms. The molecule has 2 aliphatic heterocycles. The molecule has 0 saturated carbocycles. The summed E-state index contributed by atoms with van der Waals surface area (Å²) in [5, 5.41) is 3.18. The van der Waals surface area contributed by atoms with Gasteiger partial charge in [-0.2, -0.15) is 0 Å². The van der Waals surface area contributed by atoms with Gasteiger partial charge in [0.05, 0.1) is 16.6 Å². The summed E-state index contributed by atoms with van der Waals surface area (Å²) in [6.45, 7) is 2.90. The van der Waals surface area contributed by atoms with E-state index in [0.717, 1.165) is 37.2 Å². The fraction of sp³-hybridized carbons (Fsp3) is 0.360. The molecule has 1 N–H and O–H groups in total. The van der Waals surface area contributed by atoms with Gasteiger partial charge in [-0.3, -0.25) is 14.5 Å². The van der Waals surface area contributed by atoms with E-state index in [2.05, 4.69) is 10.2 Å². The Labute approximate surface area is 198 Å². The summed E-state index contributed by atoms with van der Waals surface area (Å²) in [5.74, 6) is -0.935. The number of methoxy groups -OCH3 is 1. The van der Waals surface area contributed by atoms with E-state index in [1.54, 1.807) is 4.90 Å². The maximum atomic E-state index is 14.2. The van der Waals surface area contributed by atoms with Crippen molar-refractivity contribution in [3.05, 3.63) is 82.3 Å². The summed E-state index contributed by atoms with van der Waals surface area (Å²) < 4.78 is 19.1. The molecule has 0 spiro atoms. The second kappa shape index (κ2) is 10.5. The van der Waals surface area contributed by atoms with Gasteiger partial charge in [-0.05, 0) is 29.7 Å². The number of nitrogens with zero attached hydrogens (tertiary/aromatic N) is 2. The molecule has 1 unspecified atom stereocenters. The molecular formula is C25H27ClFN3O3. The summed E-state index contributed by atoms with van der Waals surface area (Å²) in [7, 11) is 1.50. The topological polar surface area (TPSA) is 61.9 Å². The van der Waals surface area contributed by atoms with Gasteiger partial charge in [0.2, 0.25) is 5.91 Å². The molecule has 0 bridgehead atoms. The summed E-state index contributed by atoms with van der Waals surface area (Å²) in [6, 6.07) is 14.1. The number of carbonyl (C=O) groups is 2. The number of nitrogens with one attached hydrogen (secondary N) is 1. The van der Waals surface area contributed by atoms with Crippen molar-refractivity contribution in [2.24, 2.45) is 5.92 Å². The molecule has 2 aliphatic rings. The lowest BCUT2D eigenvalue weighted by molar-refractivity contribution is -0.125. The van der Waals surface area contributed by atoms with Gasteiger partial charge in [-0.25, -0.2) is 4.39 Å². The Balaban J connectivity index is 1.37. The summed E-state index contributed by atoms with van der Waals surface area (Å²) in [4.78, 5) is 28.8. The fourth-order valence-electron chi connectivity index (χ4n) is 4.54. The van der Waals surface area contributed by atoms with E-state index in [4.69, 9.17) is 16.3 Å². The largest absolute Gasteiger partial charge is 0.375 e. The maximum absolute atomic E-state index is 14.2. The molecule has 2 heterocycles. The quantitative estimate of drug-likeness (QED) is 0.638. The summed E-state index contributed by atoms with van der Waals surface area (Å²) in [5.41, 5.74) is 2.14. The third kappa shape index (κ3) is 5.43. The van der Waals surface area contributed by atoms with Crippen molar-refractivity contribution in [1.29, 1.82) is 0 Å². The second-order valence-corrected chi connectivity index (χ2v) is 8.85. The first-order valence-corrected chi connectivity index (χ1v) is 11.3. The minimum absolute atomic E-state index is 0.0257. The van der Waals surface area contributed by atoms with E-state index < -0.39 is 11.7 Å². The van der Waals surface area contributed by atoms with Crippen molar-refractivity contribution in [2.75, 3.05) is 39.9 Å². The first-order valence-electron chi connectivity index (χ1n) is 11.0. The van der Waals surface area contributed by atoms with Crippen molar-refractivity contribution >= 4 is 23.4 Å². The van der Waals surface area contributed by atoms with Gasteiger partial charge < -0.3 is 15.0 Å². The Morgan fingerprint density at radius 1 is 1.18 bits per heavy atom. The predicted molar refractivity (Wildman–Crippen MR) is 124 cm³/mol. The number of halogens is 2. The molecule has 4 rings (SSSR count). The van der Waals surface area contributed by atoms with Crippen LogP contribution in [0.1, 0.15) is 28.4 Å². The average molecular weight is 472 g/mol. The van der Waals surface area contributed by atoms with E-state index in [1.807, 2.05) is 36.5 Å². The standard InChI is InChI=1S/C25H27ClFN3O3/c1-33-16-23(31)28-22(17-6-3-2-4-7-17)10-11-29-12-18-14-30(15-19(18)13-29)25(32)24-20(26)8-5-9-21(24)27/h2-9,14,19,22H,10-13,15-16H2,1H3,(H,28,31)/t19?,22-/m0/s1. The Morgan fingerprint density at radius 2 is 1.97 bits per heavy atom. The van der Waals surface area contributed by atoms with Gasteiger partial charge in [-0.1, -0.05) is 48.0 Å². The minimum Gasteiger partial charge on any atom is -0.375 e. The van der Waals surface area contributed by atoms with Gasteiger partial charge in [-0.15, -0.1) is 0 Å². The summed E-state index contributed by atoms with van der Waals surface area (Å²) in [6.07, 6.45) is 2.59. The van der Waals surface area contributed by atoms with Crippen LogP contribution in [0.15, 0.2) is 60.3 Å². The van der Waals surface area contributed by atoms with Crippen LogP contribution in [0.3, 0.4) is 0 Å². The number of hydrogen-bond acceptors (Lipinski definition) is 4. The number of fused-ring (bicyclic) bond motifs is 1. The molecule has 0 aromatic heterocycles. The highest BCUT2D eigenvalue weighted by molar-refractivity contribution is 6.33. The molecule has 2 atom stereocenters. The highest BCUT2D eigenvalue weighted by Crippen LogP contribution is 2.32. The first kappa shape index (κ1) is 23.4. The van der Waals surface area contributed by atoms with E-state index in [9.17, 15) is 14.0 Å². The van der Waals surface area contributed by atoms with Crippen LogP contribution in [0, 0.1) is 11.7 Å². The van der Waals surface area contributed by atoms with E-state index >= 15 is 0 Å². The van der Waals surface area contributed by atoms with Crippen molar-refractivity contribution in [1.82, 2.24) is 15.1 Å². The second-order valence-electron chi connectivity index (χ2n) is 8.44. The zero-order valence-corrected chi connectivity index (χ0v) is 19.2. The Bertz CT molecular complexity index is 1030. The lowest BCUT2D eigenvalue weighted by Gasteiger charge is -2.24. The van der Waals surface area contributed by atoms with Crippen LogP contribution in [0.5, 0.6) is 0 Å². The van der Waals surface area contributed by atoms with Crippen molar-refractivity contribution in [3.8, 4) is 0 Å². The number of carbonyl (C=O) groups excluding carboxylic acids is 2. The molecule has 2 amide bonds. The van der Waals surface area contributed by atoms with Crippen LogP contribution in [0.2, 0.25) is 5.02 Å². The molecule has 0 radical (unpaired) electrons. The zero-order chi connectivity index (χ0) is 23.4. The van der Waals surface area contributed by atoms with E-state index in [1.165, 1.54) is 25.3 Å². The van der Waals surface area contributed by atoms with Gasteiger partial charge in [0, 0.05) is 45.4 Å². The zero-order valence-electron chi connectivity index (χ0n) is 18.5. The Kier molecular flexibility index (Phi) is 7.42. The molecule has 1 saturated heterocycles. The third-order valence-corrected chi connectivity index (χ3v) is 6.45. The van der Waals surface area contributed by atoms with Crippen molar-refractivity contribution in [3.63, 3.8) is 0 Å². The number of amides is 2. The third-order valence-electron chi connectivity index (χ3n) is 6.13. The van der Waals surface area contributed by atoms with Crippen molar-refractivity contribution < 1.29 is 18.7 Å². The van der Waals surface area contributed by atoms with Crippen molar-refractivity contribution in [2.45, 2.75) is 12.5 Å². The molecular weight excluding hydrogens is 445 g/mol. The normalized spacial score (nSPS) is 18.7. The first-order chi connectivity index (χ1) is 16.0. The van der Waals surface area contributed by atoms with Crippen LogP contribution >= 0.6 is 11.6 Å². The van der Waals surface area contributed by atoms with Crippen LogP contribution < -0.4 is 5.32 Å². The molecule has 174 valence electrons. The molecule has 0 aliphatic carbocycles. The number of benzene rings is 2. The molecule has 6 nitrogen and oxygen atoms in total. The highest BCUT2D eigenvalue weighted by atomic mass is 35.5. The van der Waals surface area contributed by atoms with Gasteiger partial charge in [0.1, 0.15) is 12.4 Å². The SMILES string of the molecule is COCC(=O)N[C@@H](CCN1CC2=CN(C(=O)c3c(F)cccc3Cl)CC2C1)c1ccccc1. The number of hydrogen-bond donors (Lipinski definition) is 1. The molecule has 2 aromatic rings. The van der Waals surface area contributed by atoms with Crippen LogP contribution in [0.25, 0.3) is 0 Å². The lowest BCUT2D eigenvalue weighted by atomic mass is 10.0. The Hall–Kier alpha value is -2.74. The number of ether oxygens (including phenoxy) is 1. The van der Waals surface area contributed by atoms with Gasteiger partial charge >= 0.3 is 0 Å². The Morgan fingerprint density at radius 3 is 2.67 bits per heavy atom. The molecule has 1 fully saturated rings. The van der Waals surface area contributed by atoms with Crippen LogP contribution in [-0.2, 0) is 9.53 Å². The predicted octanol–water partition coefficient (Wildman–Crippen LogP) is 3.64. The number of likely N-dealkylation sites (tertiary alicyclic amines) is 1. The van der Waals surface area contributed by atoms with Crippen LogP contribution in [0.4, 0.5) is 4.39 Å². The maximum Gasteiger partial charge on any atom is 0.262 e. The molecule has 8 heteroatoms. The summed E-state index contributed by atoms with van der Waals surface area (Å²) >= 11 is 6.07. The van der Waals surface area contributed by atoms with E-state index in [0.29, 0.717) is 6.54 Å². The lowest BCUT2D eigenvalue weighted by Crippen LogP contribution is -2.35. The fourth-order valence-corrected chi connectivity index (χ4v) is 4.78. The smallest absolute Gasteiger partial charge is 0.262 e. The highest BCUT2D eigenvalue weighted by Gasteiger charge is 2.36. The average Bonchev–Trinajstić information content (AvgIpc) is 3.36. The minimum atomic E-state index is -0.605. The number of rotatable bonds is 8.